The van der Waals surface area contributed by atoms with Crippen LogP contribution in [0.5, 0.6) is 0 Å². The summed E-state index contributed by atoms with van der Waals surface area (Å²) in [4.78, 5) is 0.219. The van der Waals surface area contributed by atoms with E-state index in [2.05, 4.69) is 26.0 Å². The Morgan fingerprint density at radius 3 is 2.79 bits per heavy atom. The van der Waals surface area contributed by atoms with Crippen molar-refractivity contribution in [1.82, 2.24) is 10.0 Å². The second kappa shape index (κ2) is 7.24. The van der Waals surface area contributed by atoms with E-state index in [4.69, 9.17) is 11.6 Å². The third-order valence-corrected chi connectivity index (χ3v) is 5.52. The molecule has 1 aliphatic rings. The molecule has 0 spiro atoms. The van der Waals surface area contributed by atoms with Crippen molar-refractivity contribution >= 4 is 50.0 Å². The van der Waals surface area contributed by atoms with Gasteiger partial charge in [-0.1, -0.05) is 11.6 Å². The van der Waals surface area contributed by atoms with Crippen LogP contribution < -0.4 is 10.0 Å². The second-order valence-electron chi connectivity index (χ2n) is 4.22. The van der Waals surface area contributed by atoms with Gasteiger partial charge in [0.25, 0.3) is 0 Å². The highest BCUT2D eigenvalue weighted by atomic mass is 79.9. The molecule has 1 fully saturated rings. The molecule has 0 aromatic heterocycles. The van der Waals surface area contributed by atoms with E-state index in [-0.39, 0.29) is 23.3 Å². The van der Waals surface area contributed by atoms with Gasteiger partial charge in [0, 0.05) is 17.1 Å². The standard InChI is InChI=1S/C11H14BrClN2O2S.ClH/c12-10-6-9(3-4-11(10)13)18(16,17)15-7-8-2-1-5-14-8;/h3-4,6,8,14-15H,1-2,5,7H2;1H. The van der Waals surface area contributed by atoms with Gasteiger partial charge in [-0.15, -0.1) is 12.4 Å². The summed E-state index contributed by atoms with van der Waals surface area (Å²) in [5.41, 5.74) is 0. The number of hydrogen-bond acceptors (Lipinski definition) is 3. The largest absolute Gasteiger partial charge is 0.313 e. The minimum atomic E-state index is -3.47. The van der Waals surface area contributed by atoms with Gasteiger partial charge in [0.2, 0.25) is 10.0 Å². The van der Waals surface area contributed by atoms with Gasteiger partial charge in [0.15, 0.2) is 0 Å². The summed E-state index contributed by atoms with van der Waals surface area (Å²) in [6.07, 6.45) is 2.10. The molecular weight excluding hydrogens is 375 g/mol. The topological polar surface area (TPSA) is 58.2 Å². The van der Waals surface area contributed by atoms with Gasteiger partial charge in [-0.3, -0.25) is 0 Å². The van der Waals surface area contributed by atoms with Gasteiger partial charge < -0.3 is 5.32 Å². The Morgan fingerprint density at radius 2 is 2.21 bits per heavy atom. The number of rotatable bonds is 4. The lowest BCUT2D eigenvalue weighted by Gasteiger charge is -2.12. The Kier molecular flexibility index (Phi) is 6.56. The highest BCUT2D eigenvalue weighted by Crippen LogP contribution is 2.25. The Hall–Kier alpha value is 0.150. The first kappa shape index (κ1) is 17.2. The predicted molar refractivity (Wildman–Crippen MR) is 82.6 cm³/mol. The molecule has 0 aliphatic carbocycles. The van der Waals surface area contributed by atoms with Crippen molar-refractivity contribution in [3.63, 3.8) is 0 Å². The lowest BCUT2D eigenvalue weighted by atomic mass is 10.2. The molecule has 2 rings (SSSR count). The lowest BCUT2D eigenvalue weighted by Crippen LogP contribution is -2.37. The zero-order valence-corrected chi connectivity index (χ0v) is 14.0. The van der Waals surface area contributed by atoms with Crippen LogP contribution in [-0.4, -0.2) is 27.5 Å². The van der Waals surface area contributed by atoms with E-state index in [9.17, 15) is 8.42 Å². The smallest absolute Gasteiger partial charge is 0.240 e. The molecule has 2 N–H and O–H groups in total. The number of hydrogen-bond donors (Lipinski definition) is 2. The molecule has 1 atom stereocenters. The van der Waals surface area contributed by atoms with Gasteiger partial charge in [0.05, 0.1) is 9.92 Å². The molecule has 1 aromatic rings. The zero-order valence-electron chi connectivity index (χ0n) is 10.0. The normalized spacial score (nSPS) is 19.2. The first-order valence-electron chi connectivity index (χ1n) is 5.67. The van der Waals surface area contributed by atoms with E-state index in [1.165, 1.54) is 12.1 Å². The first-order chi connectivity index (χ1) is 8.49. The average molecular weight is 390 g/mol. The summed E-state index contributed by atoms with van der Waals surface area (Å²) < 4.78 is 27.3. The molecule has 0 amide bonds. The first-order valence-corrected chi connectivity index (χ1v) is 8.32. The van der Waals surface area contributed by atoms with Crippen LogP contribution in [0.4, 0.5) is 0 Å². The molecule has 8 heteroatoms. The van der Waals surface area contributed by atoms with Gasteiger partial charge in [-0.05, 0) is 53.5 Å². The van der Waals surface area contributed by atoms with Crippen LogP contribution in [0.25, 0.3) is 0 Å². The van der Waals surface area contributed by atoms with Crippen LogP contribution in [0.1, 0.15) is 12.8 Å². The summed E-state index contributed by atoms with van der Waals surface area (Å²) >= 11 is 9.06. The predicted octanol–water partition coefficient (Wildman–Crippen LogP) is 2.55. The Balaban J connectivity index is 0.00000180. The SMILES string of the molecule is Cl.O=S(=O)(NCC1CCCN1)c1ccc(Cl)c(Br)c1. The molecule has 0 saturated carbocycles. The molecule has 1 unspecified atom stereocenters. The monoisotopic (exact) mass is 388 g/mol. The van der Waals surface area contributed by atoms with E-state index in [0.717, 1.165) is 19.4 Å². The molecule has 1 heterocycles. The van der Waals surface area contributed by atoms with E-state index in [1.54, 1.807) is 6.07 Å². The quantitative estimate of drug-likeness (QED) is 0.831. The van der Waals surface area contributed by atoms with Gasteiger partial charge in [0.1, 0.15) is 0 Å². The summed E-state index contributed by atoms with van der Waals surface area (Å²) in [7, 11) is -3.47. The highest BCUT2D eigenvalue weighted by molar-refractivity contribution is 9.10. The average Bonchev–Trinajstić information content (AvgIpc) is 2.83. The van der Waals surface area contributed by atoms with Crippen molar-refractivity contribution in [2.45, 2.75) is 23.8 Å². The molecule has 0 radical (unpaired) electrons. The van der Waals surface area contributed by atoms with Crippen LogP contribution in [-0.2, 0) is 10.0 Å². The minimum Gasteiger partial charge on any atom is -0.313 e. The van der Waals surface area contributed by atoms with Crippen molar-refractivity contribution in [2.24, 2.45) is 0 Å². The Labute approximate surface area is 132 Å². The maximum atomic E-state index is 12.0. The van der Waals surface area contributed by atoms with Crippen LogP contribution in [0.15, 0.2) is 27.6 Å². The van der Waals surface area contributed by atoms with Crippen LogP contribution in [0, 0.1) is 0 Å². The van der Waals surface area contributed by atoms with Gasteiger partial charge in [-0.25, -0.2) is 13.1 Å². The van der Waals surface area contributed by atoms with Crippen molar-refractivity contribution < 1.29 is 8.42 Å². The summed E-state index contributed by atoms with van der Waals surface area (Å²) in [5.74, 6) is 0. The fourth-order valence-electron chi connectivity index (χ4n) is 1.87. The zero-order chi connectivity index (χ0) is 13.2. The molecule has 4 nitrogen and oxygen atoms in total. The van der Waals surface area contributed by atoms with E-state index in [1.807, 2.05) is 0 Å². The third kappa shape index (κ3) is 4.58. The van der Waals surface area contributed by atoms with E-state index >= 15 is 0 Å². The number of halogens is 3. The van der Waals surface area contributed by atoms with Crippen molar-refractivity contribution in [3.8, 4) is 0 Å². The van der Waals surface area contributed by atoms with Crippen molar-refractivity contribution in [2.75, 3.05) is 13.1 Å². The van der Waals surface area contributed by atoms with Gasteiger partial charge in [-0.2, -0.15) is 0 Å². The maximum absolute atomic E-state index is 12.0. The van der Waals surface area contributed by atoms with Crippen molar-refractivity contribution in [1.29, 1.82) is 0 Å². The summed E-state index contributed by atoms with van der Waals surface area (Å²) in [6, 6.07) is 4.80. The molecule has 0 bridgehead atoms. The second-order valence-corrected chi connectivity index (χ2v) is 7.25. The molecule has 19 heavy (non-hydrogen) atoms. The summed E-state index contributed by atoms with van der Waals surface area (Å²) in [5, 5.41) is 3.74. The third-order valence-electron chi connectivity index (χ3n) is 2.88. The fourth-order valence-corrected chi connectivity index (χ4v) is 3.62. The van der Waals surface area contributed by atoms with E-state index < -0.39 is 10.0 Å². The Bertz CT molecular complexity index is 533. The van der Waals surface area contributed by atoms with Crippen molar-refractivity contribution in [3.05, 3.63) is 27.7 Å². The minimum absolute atomic E-state index is 0. The van der Waals surface area contributed by atoms with E-state index in [0.29, 0.717) is 16.0 Å². The maximum Gasteiger partial charge on any atom is 0.240 e. The molecule has 1 aliphatic heterocycles. The molecule has 1 aromatic carbocycles. The molecule has 108 valence electrons. The molecule has 1 saturated heterocycles. The molecular formula is C11H15BrCl2N2O2S. The van der Waals surface area contributed by atoms with Crippen LogP contribution in [0.2, 0.25) is 5.02 Å². The van der Waals surface area contributed by atoms with Gasteiger partial charge >= 0.3 is 0 Å². The summed E-state index contributed by atoms with van der Waals surface area (Å²) in [6.45, 7) is 1.38. The number of nitrogens with one attached hydrogen (secondary N) is 2. The fraction of sp³-hybridized carbons (Fsp3) is 0.455. The number of benzene rings is 1. The van der Waals surface area contributed by atoms with Crippen LogP contribution >= 0.6 is 39.9 Å². The highest BCUT2D eigenvalue weighted by Gasteiger charge is 2.19. The van der Waals surface area contributed by atoms with Crippen LogP contribution in [0.3, 0.4) is 0 Å². The number of sulfonamides is 1. The lowest BCUT2D eigenvalue weighted by molar-refractivity contribution is 0.552. The Morgan fingerprint density at radius 1 is 1.47 bits per heavy atom.